The lowest BCUT2D eigenvalue weighted by molar-refractivity contribution is -0.121. The van der Waals surface area contributed by atoms with Gasteiger partial charge in [0.05, 0.1) is 18.1 Å². The zero-order valence-electron chi connectivity index (χ0n) is 10.00. The fourth-order valence-corrected chi connectivity index (χ4v) is 1.54. The Labute approximate surface area is 106 Å². The number of carbonyl (C=O) groups is 1. The van der Waals surface area contributed by atoms with E-state index in [9.17, 15) is 4.79 Å². The summed E-state index contributed by atoms with van der Waals surface area (Å²) in [5.74, 6) is 0.508. The van der Waals surface area contributed by atoms with Crippen LogP contribution in [0.3, 0.4) is 0 Å². The van der Waals surface area contributed by atoms with Gasteiger partial charge in [0.15, 0.2) is 0 Å². The van der Waals surface area contributed by atoms with Crippen molar-refractivity contribution in [1.82, 2.24) is 5.32 Å². The van der Waals surface area contributed by atoms with E-state index >= 15 is 0 Å². The molecule has 0 saturated carbocycles. The minimum absolute atomic E-state index is 0.0617. The summed E-state index contributed by atoms with van der Waals surface area (Å²) < 4.78 is 5.41. The molecular formula is C12H17ClN2O2. The SMILES string of the molecule is CNC(=O)CCOc1ccc(C(C)N)cc1Cl. The highest BCUT2D eigenvalue weighted by atomic mass is 35.5. The summed E-state index contributed by atoms with van der Waals surface area (Å²) in [5, 5.41) is 3.03. The Hall–Kier alpha value is -1.26. The van der Waals surface area contributed by atoms with Gasteiger partial charge in [0.25, 0.3) is 0 Å². The number of halogens is 1. The first-order valence-electron chi connectivity index (χ1n) is 5.43. The van der Waals surface area contributed by atoms with Crippen LogP contribution in [0, 0.1) is 0 Å². The summed E-state index contributed by atoms with van der Waals surface area (Å²) in [6.45, 7) is 2.19. The first-order chi connectivity index (χ1) is 8.04. The second-order valence-corrected chi connectivity index (χ2v) is 4.16. The van der Waals surface area contributed by atoms with Crippen molar-refractivity contribution in [3.8, 4) is 5.75 Å². The molecule has 1 unspecified atom stereocenters. The zero-order chi connectivity index (χ0) is 12.8. The molecular weight excluding hydrogens is 240 g/mol. The summed E-state index contributed by atoms with van der Waals surface area (Å²) in [6, 6.07) is 5.35. The monoisotopic (exact) mass is 256 g/mol. The number of carbonyl (C=O) groups excluding carboxylic acids is 1. The maximum absolute atomic E-state index is 11.0. The molecule has 94 valence electrons. The Kier molecular flexibility index (Phi) is 5.25. The molecule has 5 heteroatoms. The average molecular weight is 257 g/mol. The average Bonchev–Trinajstić information content (AvgIpc) is 2.30. The summed E-state index contributed by atoms with van der Waals surface area (Å²) in [6.07, 6.45) is 0.307. The second-order valence-electron chi connectivity index (χ2n) is 3.75. The summed E-state index contributed by atoms with van der Waals surface area (Å²) in [7, 11) is 1.59. The molecule has 1 atom stereocenters. The van der Waals surface area contributed by atoms with Gasteiger partial charge in [-0.25, -0.2) is 0 Å². The molecule has 0 fully saturated rings. The molecule has 1 aromatic rings. The van der Waals surface area contributed by atoms with Crippen LogP contribution >= 0.6 is 11.6 Å². The van der Waals surface area contributed by atoms with Crippen molar-refractivity contribution in [2.45, 2.75) is 19.4 Å². The Morgan fingerprint density at radius 1 is 1.59 bits per heavy atom. The largest absolute Gasteiger partial charge is 0.491 e. The van der Waals surface area contributed by atoms with Gasteiger partial charge in [0.2, 0.25) is 5.91 Å². The minimum Gasteiger partial charge on any atom is -0.491 e. The first kappa shape index (κ1) is 13.8. The van der Waals surface area contributed by atoms with E-state index in [1.54, 1.807) is 19.2 Å². The quantitative estimate of drug-likeness (QED) is 0.845. The molecule has 0 radical (unpaired) electrons. The van der Waals surface area contributed by atoms with Gasteiger partial charge in [-0.1, -0.05) is 17.7 Å². The smallest absolute Gasteiger partial charge is 0.223 e. The highest BCUT2D eigenvalue weighted by molar-refractivity contribution is 6.32. The van der Waals surface area contributed by atoms with Gasteiger partial charge < -0.3 is 15.8 Å². The maximum Gasteiger partial charge on any atom is 0.223 e. The van der Waals surface area contributed by atoms with Gasteiger partial charge >= 0.3 is 0 Å². The van der Waals surface area contributed by atoms with Crippen LogP contribution in [0.25, 0.3) is 0 Å². The van der Waals surface area contributed by atoms with Crippen molar-refractivity contribution >= 4 is 17.5 Å². The van der Waals surface area contributed by atoms with Crippen LogP contribution in [0.15, 0.2) is 18.2 Å². The normalized spacial score (nSPS) is 12.0. The molecule has 0 aliphatic heterocycles. The molecule has 0 heterocycles. The number of rotatable bonds is 5. The third-order valence-corrected chi connectivity index (χ3v) is 2.64. The Bertz CT molecular complexity index is 394. The van der Waals surface area contributed by atoms with Gasteiger partial charge in [0, 0.05) is 13.1 Å². The molecule has 17 heavy (non-hydrogen) atoms. The van der Waals surface area contributed by atoms with Crippen LogP contribution in [0.1, 0.15) is 24.9 Å². The van der Waals surface area contributed by atoms with Crippen LogP contribution in [-0.2, 0) is 4.79 Å². The number of amides is 1. The zero-order valence-corrected chi connectivity index (χ0v) is 10.8. The van der Waals surface area contributed by atoms with Crippen molar-refractivity contribution in [2.24, 2.45) is 5.73 Å². The van der Waals surface area contributed by atoms with Crippen LogP contribution < -0.4 is 15.8 Å². The molecule has 0 bridgehead atoms. The Balaban J connectivity index is 2.57. The van der Waals surface area contributed by atoms with Crippen LogP contribution in [-0.4, -0.2) is 19.6 Å². The number of ether oxygens (including phenoxy) is 1. The highest BCUT2D eigenvalue weighted by Gasteiger charge is 2.06. The standard InChI is InChI=1S/C12H17ClN2O2/c1-8(14)9-3-4-11(10(13)7-9)17-6-5-12(16)15-2/h3-4,7-8H,5-6,14H2,1-2H3,(H,15,16). The topological polar surface area (TPSA) is 64.3 Å². The van der Waals surface area contributed by atoms with Crippen molar-refractivity contribution in [2.75, 3.05) is 13.7 Å². The van der Waals surface area contributed by atoms with E-state index in [4.69, 9.17) is 22.1 Å². The van der Waals surface area contributed by atoms with Crippen molar-refractivity contribution in [1.29, 1.82) is 0 Å². The summed E-state index contributed by atoms with van der Waals surface area (Å²) in [4.78, 5) is 11.0. The molecule has 1 aromatic carbocycles. The lowest BCUT2D eigenvalue weighted by Gasteiger charge is -2.10. The lowest BCUT2D eigenvalue weighted by atomic mass is 10.1. The third kappa shape index (κ3) is 4.24. The molecule has 3 N–H and O–H groups in total. The number of benzene rings is 1. The van der Waals surface area contributed by atoms with Crippen LogP contribution in [0.2, 0.25) is 5.02 Å². The van der Waals surface area contributed by atoms with Crippen molar-refractivity contribution in [3.63, 3.8) is 0 Å². The van der Waals surface area contributed by atoms with E-state index < -0.39 is 0 Å². The van der Waals surface area contributed by atoms with E-state index in [1.807, 2.05) is 13.0 Å². The molecule has 0 spiro atoms. The first-order valence-corrected chi connectivity index (χ1v) is 5.80. The van der Waals surface area contributed by atoms with E-state index in [1.165, 1.54) is 0 Å². The van der Waals surface area contributed by atoms with Crippen LogP contribution in [0.5, 0.6) is 5.75 Å². The third-order valence-electron chi connectivity index (χ3n) is 2.35. The fraction of sp³-hybridized carbons (Fsp3) is 0.417. The molecule has 1 amide bonds. The van der Waals surface area contributed by atoms with E-state index in [-0.39, 0.29) is 11.9 Å². The van der Waals surface area contributed by atoms with Crippen molar-refractivity contribution < 1.29 is 9.53 Å². The van der Waals surface area contributed by atoms with Gasteiger partial charge in [-0.2, -0.15) is 0 Å². The van der Waals surface area contributed by atoms with Gasteiger partial charge in [0.1, 0.15) is 5.75 Å². The lowest BCUT2D eigenvalue weighted by Crippen LogP contribution is -2.20. The number of hydrogen-bond donors (Lipinski definition) is 2. The fourth-order valence-electron chi connectivity index (χ4n) is 1.30. The number of nitrogens with two attached hydrogens (primary N) is 1. The van der Waals surface area contributed by atoms with E-state index in [0.717, 1.165) is 5.56 Å². The van der Waals surface area contributed by atoms with Crippen molar-refractivity contribution in [3.05, 3.63) is 28.8 Å². The number of hydrogen-bond acceptors (Lipinski definition) is 3. The molecule has 1 rings (SSSR count). The van der Waals surface area contributed by atoms with Gasteiger partial charge in [-0.05, 0) is 24.6 Å². The second kappa shape index (κ2) is 6.47. The molecule has 0 aliphatic carbocycles. The highest BCUT2D eigenvalue weighted by Crippen LogP contribution is 2.27. The molecule has 0 saturated heterocycles. The Morgan fingerprint density at radius 2 is 2.29 bits per heavy atom. The number of nitrogens with one attached hydrogen (secondary N) is 1. The summed E-state index contributed by atoms with van der Waals surface area (Å²) >= 11 is 6.04. The Morgan fingerprint density at radius 3 is 2.82 bits per heavy atom. The molecule has 4 nitrogen and oxygen atoms in total. The predicted octanol–water partition coefficient (Wildman–Crippen LogP) is 1.87. The minimum atomic E-state index is -0.0626. The van der Waals surface area contributed by atoms with Gasteiger partial charge in [-0.3, -0.25) is 4.79 Å². The molecule has 0 aliphatic rings. The molecule has 0 aromatic heterocycles. The van der Waals surface area contributed by atoms with Crippen LogP contribution in [0.4, 0.5) is 0 Å². The van der Waals surface area contributed by atoms with E-state index in [0.29, 0.717) is 23.8 Å². The van der Waals surface area contributed by atoms with E-state index in [2.05, 4.69) is 5.32 Å². The maximum atomic E-state index is 11.0. The van der Waals surface area contributed by atoms with Gasteiger partial charge in [-0.15, -0.1) is 0 Å². The predicted molar refractivity (Wildman–Crippen MR) is 68.2 cm³/mol. The summed E-state index contributed by atoms with van der Waals surface area (Å²) in [5.41, 5.74) is 6.69.